The number of hydrogen-bond donors (Lipinski definition) is 3. The Balaban J connectivity index is 1.54. The van der Waals surface area contributed by atoms with Crippen LogP contribution in [0.4, 0.5) is 13.2 Å². The standard InChI is InChI=1S/C34H29BrCl2F3N3O4/c35-24-10-6-21(7-11-24)19-33(32(45)43-41-20-23-4-1-2-5-28(23)34(38,39)40)30(27-15-12-25(36)18-29(27)37)47-31(42-33)22-8-13-26(14-9-22)46-17-3-16-44/h1-2,4-15,18,30,41,44H,3,16-17,19-20H2,(H,43,45)/t30-,33-/m0/s1. The quantitative estimate of drug-likeness (QED) is 0.101. The van der Waals surface area contributed by atoms with Crippen molar-refractivity contribution in [2.45, 2.75) is 37.2 Å². The number of aliphatic hydroxyl groups is 1. The average molecular weight is 751 g/mol. The van der Waals surface area contributed by atoms with Gasteiger partial charge in [-0.1, -0.05) is 75.5 Å². The van der Waals surface area contributed by atoms with Crippen molar-refractivity contribution in [3.63, 3.8) is 0 Å². The summed E-state index contributed by atoms with van der Waals surface area (Å²) in [6.07, 6.45) is -5.11. The van der Waals surface area contributed by atoms with E-state index in [4.69, 9.17) is 42.8 Å². The number of aliphatic imine (C=N–C) groups is 1. The molecule has 47 heavy (non-hydrogen) atoms. The molecule has 7 nitrogen and oxygen atoms in total. The number of alkyl halides is 3. The second-order valence-corrected chi connectivity index (χ2v) is 12.5. The van der Waals surface area contributed by atoms with E-state index in [1.165, 1.54) is 24.3 Å². The molecule has 0 spiro atoms. The molecule has 0 aliphatic carbocycles. The van der Waals surface area contributed by atoms with Gasteiger partial charge in [0.1, 0.15) is 5.75 Å². The molecule has 5 rings (SSSR count). The zero-order valence-electron chi connectivity index (χ0n) is 24.7. The molecule has 4 aromatic rings. The number of halogens is 6. The van der Waals surface area contributed by atoms with Crippen LogP contribution in [-0.2, 0) is 28.7 Å². The molecule has 0 radical (unpaired) electrons. The van der Waals surface area contributed by atoms with E-state index in [0.29, 0.717) is 34.9 Å². The van der Waals surface area contributed by atoms with Crippen LogP contribution in [0.5, 0.6) is 5.75 Å². The van der Waals surface area contributed by atoms with Crippen molar-refractivity contribution < 1.29 is 32.5 Å². The second-order valence-electron chi connectivity index (χ2n) is 10.7. The SMILES string of the molecule is O=C(NNCc1ccccc1C(F)(F)F)[C@@]1(Cc2ccc(Br)cc2)N=C(c2ccc(OCCCO)cc2)O[C@H]1c1ccc(Cl)cc1Cl. The van der Waals surface area contributed by atoms with E-state index < -0.39 is 29.3 Å². The van der Waals surface area contributed by atoms with Crippen LogP contribution in [0.1, 0.15) is 40.3 Å². The van der Waals surface area contributed by atoms with Gasteiger partial charge >= 0.3 is 6.18 Å². The first-order valence-electron chi connectivity index (χ1n) is 14.5. The number of nitrogens with zero attached hydrogens (tertiary/aromatic N) is 1. The number of nitrogens with one attached hydrogen (secondary N) is 2. The molecule has 0 aromatic heterocycles. The number of hydrogen-bond acceptors (Lipinski definition) is 6. The van der Waals surface area contributed by atoms with E-state index in [-0.39, 0.29) is 36.1 Å². The van der Waals surface area contributed by atoms with Crippen molar-refractivity contribution in [1.82, 2.24) is 10.9 Å². The number of ether oxygens (including phenoxy) is 2. The fraction of sp³-hybridized carbons (Fsp3) is 0.235. The van der Waals surface area contributed by atoms with Gasteiger partial charge in [-0.3, -0.25) is 10.2 Å². The minimum Gasteiger partial charge on any atom is -0.494 e. The van der Waals surface area contributed by atoms with Crippen LogP contribution in [0.2, 0.25) is 10.0 Å². The molecule has 13 heteroatoms. The molecule has 1 heterocycles. The Morgan fingerprint density at radius 2 is 1.74 bits per heavy atom. The van der Waals surface area contributed by atoms with Gasteiger partial charge in [-0.05, 0) is 65.7 Å². The Bertz CT molecular complexity index is 1740. The van der Waals surface area contributed by atoms with Gasteiger partial charge < -0.3 is 14.6 Å². The summed E-state index contributed by atoms with van der Waals surface area (Å²) in [7, 11) is 0. The summed E-state index contributed by atoms with van der Waals surface area (Å²) in [5, 5.41) is 9.66. The lowest BCUT2D eigenvalue weighted by Gasteiger charge is -2.31. The van der Waals surface area contributed by atoms with Crippen LogP contribution in [-0.4, -0.2) is 35.7 Å². The summed E-state index contributed by atoms with van der Waals surface area (Å²) in [4.78, 5) is 19.3. The van der Waals surface area contributed by atoms with Gasteiger partial charge in [0.05, 0.1) is 12.2 Å². The third-order valence-electron chi connectivity index (χ3n) is 7.47. The first kappa shape index (κ1) is 34.7. The normalized spacial score (nSPS) is 17.6. The molecular formula is C34H29BrCl2F3N3O4. The topological polar surface area (TPSA) is 92.2 Å². The molecule has 0 saturated heterocycles. The molecule has 4 aromatic carbocycles. The smallest absolute Gasteiger partial charge is 0.416 e. The van der Waals surface area contributed by atoms with E-state index in [9.17, 15) is 18.0 Å². The maximum absolute atomic E-state index is 14.3. The lowest BCUT2D eigenvalue weighted by Crippen LogP contribution is -2.53. The van der Waals surface area contributed by atoms with Gasteiger partial charge in [0.15, 0.2) is 11.6 Å². The molecule has 0 fully saturated rings. The lowest BCUT2D eigenvalue weighted by atomic mass is 9.82. The fourth-order valence-electron chi connectivity index (χ4n) is 5.17. The first-order chi connectivity index (χ1) is 22.5. The summed E-state index contributed by atoms with van der Waals surface area (Å²) in [6.45, 7) is 0.0300. The minimum atomic E-state index is -4.57. The monoisotopic (exact) mass is 749 g/mol. The highest BCUT2D eigenvalue weighted by Crippen LogP contribution is 2.45. The molecule has 1 amide bonds. The van der Waals surface area contributed by atoms with E-state index in [0.717, 1.165) is 16.1 Å². The predicted octanol–water partition coefficient (Wildman–Crippen LogP) is 7.86. The Morgan fingerprint density at radius 3 is 2.43 bits per heavy atom. The molecule has 1 aliphatic rings. The summed E-state index contributed by atoms with van der Waals surface area (Å²) in [6, 6.07) is 24.1. The highest BCUT2D eigenvalue weighted by molar-refractivity contribution is 9.10. The Labute approximate surface area is 287 Å². The summed E-state index contributed by atoms with van der Waals surface area (Å²) >= 11 is 16.3. The second kappa shape index (κ2) is 15.1. The van der Waals surface area contributed by atoms with Crippen LogP contribution in [0.3, 0.4) is 0 Å². The average Bonchev–Trinajstić information content (AvgIpc) is 3.42. The van der Waals surface area contributed by atoms with Crippen molar-refractivity contribution in [3.8, 4) is 5.75 Å². The first-order valence-corrected chi connectivity index (χ1v) is 16.0. The van der Waals surface area contributed by atoms with Gasteiger partial charge in [0.25, 0.3) is 5.91 Å². The molecule has 3 N–H and O–H groups in total. The van der Waals surface area contributed by atoms with E-state index in [2.05, 4.69) is 26.8 Å². The minimum absolute atomic E-state index is 0.00356. The van der Waals surface area contributed by atoms with Crippen molar-refractivity contribution in [2.24, 2.45) is 4.99 Å². The van der Waals surface area contributed by atoms with Crippen LogP contribution < -0.4 is 15.6 Å². The van der Waals surface area contributed by atoms with Crippen molar-refractivity contribution in [1.29, 1.82) is 0 Å². The molecule has 2 atom stereocenters. The number of rotatable bonds is 12. The van der Waals surface area contributed by atoms with Gasteiger partial charge in [0, 0.05) is 51.6 Å². The lowest BCUT2D eigenvalue weighted by molar-refractivity contribution is -0.138. The zero-order chi connectivity index (χ0) is 33.6. The Hall–Kier alpha value is -3.61. The van der Waals surface area contributed by atoms with E-state index >= 15 is 0 Å². The Morgan fingerprint density at radius 1 is 1.02 bits per heavy atom. The number of benzene rings is 4. The van der Waals surface area contributed by atoms with Crippen molar-refractivity contribution >= 4 is 50.9 Å². The maximum atomic E-state index is 14.3. The number of amides is 1. The van der Waals surface area contributed by atoms with E-state index in [1.807, 2.05) is 24.3 Å². The third-order valence-corrected chi connectivity index (χ3v) is 8.56. The predicted molar refractivity (Wildman–Crippen MR) is 177 cm³/mol. The molecule has 1 aliphatic heterocycles. The third kappa shape index (κ3) is 8.28. The van der Waals surface area contributed by atoms with E-state index in [1.54, 1.807) is 36.4 Å². The maximum Gasteiger partial charge on any atom is 0.416 e. The van der Waals surface area contributed by atoms with Crippen LogP contribution in [0.25, 0.3) is 0 Å². The van der Waals surface area contributed by atoms with Crippen LogP contribution >= 0.6 is 39.1 Å². The number of carbonyl (C=O) groups is 1. The van der Waals surface area contributed by atoms with Gasteiger partial charge in [-0.15, -0.1) is 0 Å². The molecule has 0 unspecified atom stereocenters. The summed E-state index contributed by atoms with van der Waals surface area (Å²) in [5.74, 6) is 0.0674. The van der Waals surface area contributed by atoms with Crippen molar-refractivity contribution in [2.75, 3.05) is 13.2 Å². The van der Waals surface area contributed by atoms with Gasteiger partial charge in [-0.25, -0.2) is 10.4 Å². The van der Waals surface area contributed by atoms with Crippen molar-refractivity contribution in [3.05, 3.63) is 133 Å². The zero-order valence-corrected chi connectivity index (χ0v) is 27.8. The molecule has 0 bridgehead atoms. The number of hydrazine groups is 1. The van der Waals surface area contributed by atoms with Crippen LogP contribution in [0, 0.1) is 0 Å². The number of carbonyl (C=O) groups excluding carboxylic acids is 1. The summed E-state index contributed by atoms with van der Waals surface area (Å²) < 4.78 is 53.8. The van der Waals surface area contributed by atoms with Gasteiger partial charge in [0.2, 0.25) is 5.90 Å². The highest BCUT2D eigenvalue weighted by atomic mass is 79.9. The number of aliphatic hydroxyl groups excluding tert-OH is 1. The molecule has 246 valence electrons. The highest BCUT2D eigenvalue weighted by Gasteiger charge is 2.54. The largest absolute Gasteiger partial charge is 0.494 e. The fourth-order valence-corrected chi connectivity index (χ4v) is 5.94. The molecule has 0 saturated carbocycles. The van der Waals surface area contributed by atoms with Gasteiger partial charge in [-0.2, -0.15) is 13.2 Å². The summed E-state index contributed by atoms with van der Waals surface area (Å²) in [5.41, 5.74) is 4.46. The van der Waals surface area contributed by atoms with Crippen LogP contribution in [0.15, 0.2) is 100 Å². The molecular weight excluding hydrogens is 722 g/mol. The Kier molecular flexibility index (Phi) is 11.1.